The van der Waals surface area contributed by atoms with Crippen molar-refractivity contribution in [2.45, 2.75) is 36.6 Å². The smallest absolute Gasteiger partial charge is 0.233 e. The quantitative estimate of drug-likeness (QED) is 0.598. The molecule has 3 aliphatic rings. The van der Waals surface area contributed by atoms with Gasteiger partial charge >= 0.3 is 0 Å². The Labute approximate surface area is 159 Å². The highest BCUT2D eigenvalue weighted by Crippen LogP contribution is 2.48. The standard InChI is InChI=1S/C21H27NO3S/c23-20(15-26-18-5-2-1-3-6-18)22-11-4-10-21(16-25-14-9-19(21)22)17-7-12-24-13-8-17/h1-3,5-7,19H,4,8-16H2/t19-,21-/m0/s1. The fourth-order valence-electron chi connectivity index (χ4n) is 4.73. The third-order valence-corrected chi connectivity index (χ3v) is 6.96. The lowest BCUT2D eigenvalue weighted by atomic mass is 9.65. The SMILES string of the molecule is O=C(CSc1ccccc1)N1CCC[C@@]2(C3=CCOCC3)COCC[C@H]12. The van der Waals surface area contributed by atoms with Crippen molar-refractivity contribution in [2.24, 2.45) is 5.41 Å². The molecule has 0 aromatic heterocycles. The molecule has 3 heterocycles. The van der Waals surface area contributed by atoms with Crippen molar-refractivity contribution in [2.75, 3.05) is 38.7 Å². The van der Waals surface area contributed by atoms with Crippen LogP contribution in [0.15, 0.2) is 46.9 Å². The number of thioether (sulfide) groups is 1. The van der Waals surface area contributed by atoms with Gasteiger partial charge in [-0.3, -0.25) is 4.79 Å². The van der Waals surface area contributed by atoms with E-state index in [0.717, 1.165) is 56.9 Å². The van der Waals surface area contributed by atoms with Gasteiger partial charge in [-0.25, -0.2) is 0 Å². The van der Waals surface area contributed by atoms with Crippen molar-refractivity contribution in [1.29, 1.82) is 0 Å². The lowest BCUT2D eigenvalue weighted by Crippen LogP contribution is -2.60. The van der Waals surface area contributed by atoms with Crippen LogP contribution < -0.4 is 0 Å². The molecule has 0 unspecified atom stereocenters. The van der Waals surface area contributed by atoms with Gasteiger partial charge in [-0.2, -0.15) is 0 Å². The van der Waals surface area contributed by atoms with E-state index in [1.807, 2.05) is 18.2 Å². The number of amides is 1. The number of nitrogens with zero attached hydrogens (tertiary/aromatic N) is 1. The van der Waals surface area contributed by atoms with E-state index in [2.05, 4.69) is 23.1 Å². The minimum absolute atomic E-state index is 0.00730. The Morgan fingerprint density at radius 3 is 2.92 bits per heavy atom. The molecular weight excluding hydrogens is 346 g/mol. The maximum absolute atomic E-state index is 13.1. The van der Waals surface area contributed by atoms with Crippen molar-refractivity contribution in [1.82, 2.24) is 4.90 Å². The van der Waals surface area contributed by atoms with E-state index in [4.69, 9.17) is 9.47 Å². The predicted molar refractivity (Wildman–Crippen MR) is 103 cm³/mol. The number of carbonyl (C=O) groups is 1. The van der Waals surface area contributed by atoms with Gasteiger partial charge in [-0.05, 0) is 37.8 Å². The average Bonchev–Trinajstić information content (AvgIpc) is 2.73. The molecule has 5 heteroatoms. The summed E-state index contributed by atoms with van der Waals surface area (Å²) in [6, 6.07) is 10.5. The monoisotopic (exact) mass is 373 g/mol. The largest absolute Gasteiger partial charge is 0.380 e. The fraction of sp³-hybridized carbons (Fsp3) is 0.571. The van der Waals surface area contributed by atoms with Crippen molar-refractivity contribution >= 4 is 17.7 Å². The molecule has 2 saturated heterocycles. The summed E-state index contributed by atoms with van der Waals surface area (Å²) in [5.41, 5.74) is 1.47. The number of hydrogen-bond acceptors (Lipinski definition) is 4. The van der Waals surface area contributed by atoms with E-state index in [9.17, 15) is 4.79 Å². The van der Waals surface area contributed by atoms with E-state index < -0.39 is 0 Å². The van der Waals surface area contributed by atoms with Crippen molar-refractivity contribution in [3.63, 3.8) is 0 Å². The van der Waals surface area contributed by atoms with Crippen LogP contribution in [0.3, 0.4) is 0 Å². The maximum atomic E-state index is 13.1. The average molecular weight is 374 g/mol. The van der Waals surface area contributed by atoms with E-state index in [0.29, 0.717) is 12.4 Å². The van der Waals surface area contributed by atoms with E-state index in [1.165, 1.54) is 5.57 Å². The third-order valence-electron chi connectivity index (χ3n) is 5.96. The molecule has 1 aromatic carbocycles. The Morgan fingerprint density at radius 2 is 2.12 bits per heavy atom. The zero-order valence-electron chi connectivity index (χ0n) is 15.2. The minimum Gasteiger partial charge on any atom is -0.380 e. The van der Waals surface area contributed by atoms with Gasteiger partial charge in [0.25, 0.3) is 0 Å². The summed E-state index contributed by atoms with van der Waals surface area (Å²) in [6.07, 6.45) is 6.34. The van der Waals surface area contributed by atoms with Crippen molar-refractivity contribution < 1.29 is 14.3 Å². The number of carbonyl (C=O) groups excluding carboxylic acids is 1. The Morgan fingerprint density at radius 1 is 1.23 bits per heavy atom. The summed E-state index contributed by atoms with van der Waals surface area (Å²) < 4.78 is 11.5. The molecule has 1 amide bonds. The minimum atomic E-state index is 0.00730. The summed E-state index contributed by atoms with van der Waals surface area (Å²) in [4.78, 5) is 16.4. The molecule has 2 fully saturated rings. The van der Waals surface area contributed by atoms with Gasteiger partial charge in [0.1, 0.15) is 0 Å². The first-order valence-electron chi connectivity index (χ1n) is 9.62. The summed E-state index contributed by atoms with van der Waals surface area (Å²) in [5, 5.41) is 0. The topological polar surface area (TPSA) is 38.8 Å². The van der Waals surface area contributed by atoms with Gasteiger partial charge in [0.05, 0.1) is 25.6 Å². The van der Waals surface area contributed by atoms with E-state index in [-0.39, 0.29) is 17.4 Å². The molecule has 0 aliphatic carbocycles. The Bertz CT molecular complexity index is 658. The van der Waals surface area contributed by atoms with Crippen LogP contribution in [0.25, 0.3) is 0 Å². The summed E-state index contributed by atoms with van der Waals surface area (Å²) >= 11 is 1.64. The lowest BCUT2D eigenvalue weighted by Gasteiger charge is -2.54. The highest BCUT2D eigenvalue weighted by atomic mass is 32.2. The van der Waals surface area contributed by atoms with Gasteiger partial charge in [-0.15, -0.1) is 11.8 Å². The molecule has 1 aromatic rings. The number of ether oxygens (including phenoxy) is 2. The molecule has 140 valence electrons. The second kappa shape index (κ2) is 8.15. The van der Waals surface area contributed by atoms with Crippen LogP contribution in [-0.4, -0.2) is 55.6 Å². The molecule has 2 atom stereocenters. The second-order valence-electron chi connectivity index (χ2n) is 7.36. The zero-order chi connectivity index (χ0) is 17.8. The zero-order valence-corrected chi connectivity index (χ0v) is 16.0. The first-order chi connectivity index (χ1) is 12.8. The summed E-state index contributed by atoms with van der Waals surface area (Å²) in [6.45, 7) is 3.87. The van der Waals surface area contributed by atoms with Crippen LogP contribution in [0, 0.1) is 5.41 Å². The number of benzene rings is 1. The Balaban J connectivity index is 1.51. The van der Waals surface area contributed by atoms with Crippen LogP contribution in [0.2, 0.25) is 0 Å². The summed E-state index contributed by atoms with van der Waals surface area (Å²) in [5.74, 6) is 0.780. The first kappa shape index (κ1) is 18.1. The van der Waals surface area contributed by atoms with Crippen LogP contribution >= 0.6 is 11.8 Å². The molecular formula is C21H27NO3S. The fourth-order valence-corrected chi connectivity index (χ4v) is 5.53. The Kier molecular flexibility index (Phi) is 5.67. The summed E-state index contributed by atoms with van der Waals surface area (Å²) in [7, 11) is 0. The maximum Gasteiger partial charge on any atom is 0.233 e. The molecule has 4 nitrogen and oxygen atoms in total. The normalized spacial score (nSPS) is 29.0. The highest BCUT2D eigenvalue weighted by Gasteiger charge is 2.50. The molecule has 0 spiro atoms. The van der Waals surface area contributed by atoms with Crippen molar-refractivity contribution in [3.8, 4) is 0 Å². The van der Waals surface area contributed by atoms with Gasteiger partial charge < -0.3 is 14.4 Å². The number of fused-ring (bicyclic) bond motifs is 1. The molecule has 4 rings (SSSR count). The first-order valence-corrected chi connectivity index (χ1v) is 10.6. The number of piperidine rings is 1. The number of likely N-dealkylation sites (tertiary alicyclic amines) is 1. The van der Waals surface area contributed by atoms with Crippen LogP contribution in [0.5, 0.6) is 0 Å². The van der Waals surface area contributed by atoms with Crippen molar-refractivity contribution in [3.05, 3.63) is 42.0 Å². The molecule has 0 radical (unpaired) electrons. The third kappa shape index (κ3) is 3.57. The van der Waals surface area contributed by atoms with Crippen LogP contribution in [-0.2, 0) is 14.3 Å². The van der Waals surface area contributed by atoms with Crippen LogP contribution in [0.4, 0.5) is 0 Å². The molecule has 3 aliphatic heterocycles. The van der Waals surface area contributed by atoms with Gasteiger partial charge in [0, 0.05) is 29.5 Å². The van der Waals surface area contributed by atoms with Gasteiger partial charge in [0.2, 0.25) is 5.91 Å². The highest BCUT2D eigenvalue weighted by molar-refractivity contribution is 8.00. The molecule has 0 bridgehead atoms. The molecule has 26 heavy (non-hydrogen) atoms. The molecule has 0 saturated carbocycles. The predicted octanol–water partition coefficient (Wildman–Crippen LogP) is 3.52. The lowest BCUT2D eigenvalue weighted by molar-refractivity contribution is -0.144. The van der Waals surface area contributed by atoms with Gasteiger partial charge in [-0.1, -0.05) is 29.8 Å². The Hall–Kier alpha value is -1.30. The van der Waals surface area contributed by atoms with E-state index in [1.54, 1.807) is 11.8 Å². The van der Waals surface area contributed by atoms with Crippen LogP contribution in [0.1, 0.15) is 25.7 Å². The number of hydrogen-bond donors (Lipinski definition) is 0. The molecule has 0 N–H and O–H groups in total. The van der Waals surface area contributed by atoms with Gasteiger partial charge in [0.15, 0.2) is 0 Å². The van der Waals surface area contributed by atoms with E-state index >= 15 is 0 Å². The number of rotatable bonds is 4. The second-order valence-corrected chi connectivity index (χ2v) is 8.41.